The van der Waals surface area contributed by atoms with Crippen LogP contribution in [0.1, 0.15) is 121 Å². The standard InChI is InChI=1S/C27H36N2O2Si.C18H30O3Si.2CH4/c1-19(2)32(20(3)4,21(5)6)31-18-26(22-10-8-7-9-11-22)27(30)29-25-13-12-24-17-28-15-14-23(24)16-25;1-13(2)22(14(3)4,15(5)6)21-12-17(18(19)20)16-10-8-7-9-11-16;;/h7-17,19-21,26H,18H2,1-6H3,(H,29,30);7-11,13-15,17H,12H2,1-6H3,(H,19,20);2*1H4. The van der Waals surface area contributed by atoms with Gasteiger partial charge in [-0.2, -0.15) is 0 Å². The minimum absolute atomic E-state index is 0. The van der Waals surface area contributed by atoms with Gasteiger partial charge in [0.15, 0.2) is 16.6 Å². The maximum atomic E-state index is 13.5. The van der Waals surface area contributed by atoms with Crippen molar-refractivity contribution in [1.29, 1.82) is 0 Å². The summed E-state index contributed by atoms with van der Waals surface area (Å²) in [4.78, 5) is 29.3. The van der Waals surface area contributed by atoms with Crippen LogP contribution in [0.25, 0.3) is 10.8 Å². The number of nitrogens with one attached hydrogen (secondary N) is 1. The van der Waals surface area contributed by atoms with Gasteiger partial charge >= 0.3 is 5.97 Å². The van der Waals surface area contributed by atoms with Crippen LogP contribution in [0.4, 0.5) is 5.69 Å². The van der Waals surface area contributed by atoms with Crippen LogP contribution in [-0.4, -0.2) is 51.8 Å². The van der Waals surface area contributed by atoms with E-state index in [1.165, 1.54) is 0 Å². The van der Waals surface area contributed by atoms with Crippen molar-refractivity contribution >= 4 is 45.0 Å². The van der Waals surface area contributed by atoms with Crippen molar-refractivity contribution in [1.82, 2.24) is 4.98 Å². The lowest BCUT2D eigenvalue weighted by Gasteiger charge is -2.43. The van der Waals surface area contributed by atoms with Gasteiger partial charge in [0, 0.05) is 30.1 Å². The number of carbonyl (C=O) groups excluding carboxylic acids is 1. The number of benzene rings is 3. The Bertz CT molecular complexity index is 1700. The van der Waals surface area contributed by atoms with Crippen molar-refractivity contribution in [2.24, 2.45) is 0 Å². The summed E-state index contributed by atoms with van der Waals surface area (Å²) in [5, 5.41) is 14.8. The predicted octanol–water partition coefficient (Wildman–Crippen LogP) is 13.5. The summed E-state index contributed by atoms with van der Waals surface area (Å²) >= 11 is 0. The molecule has 0 aliphatic carbocycles. The first kappa shape index (κ1) is 50.4. The summed E-state index contributed by atoms with van der Waals surface area (Å²) in [6, 6.07) is 27.2. The zero-order chi connectivity index (χ0) is 40.2. The highest BCUT2D eigenvalue weighted by Crippen LogP contribution is 2.44. The molecule has 56 heavy (non-hydrogen) atoms. The Balaban J connectivity index is 0.000000578. The number of hydrogen-bond acceptors (Lipinski definition) is 5. The van der Waals surface area contributed by atoms with Gasteiger partial charge in [-0.25, -0.2) is 0 Å². The Morgan fingerprint density at radius 2 is 1.00 bits per heavy atom. The Hall–Kier alpha value is -3.64. The largest absolute Gasteiger partial charge is 0.481 e. The van der Waals surface area contributed by atoms with Gasteiger partial charge in [0.05, 0.1) is 12.5 Å². The number of aliphatic carboxylic acids is 1. The van der Waals surface area contributed by atoms with Crippen LogP contribution in [0.3, 0.4) is 0 Å². The lowest BCUT2D eigenvalue weighted by molar-refractivity contribution is -0.139. The van der Waals surface area contributed by atoms with Crippen molar-refractivity contribution in [2.75, 3.05) is 18.5 Å². The van der Waals surface area contributed by atoms with E-state index in [0.29, 0.717) is 39.9 Å². The maximum absolute atomic E-state index is 13.5. The molecule has 0 saturated carbocycles. The quantitative estimate of drug-likeness (QED) is 0.103. The van der Waals surface area contributed by atoms with E-state index < -0.39 is 28.5 Å². The van der Waals surface area contributed by atoms with Crippen molar-refractivity contribution in [2.45, 2.75) is 143 Å². The third-order valence-corrected chi connectivity index (χ3v) is 23.5. The number of fused-ring (bicyclic) bond motifs is 1. The van der Waals surface area contributed by atoms with Gasteiger partial charge in [-0.1, -0.05) is 165 Å². The molecule has 0 aliphatic rings. The van der Waals surface area contributed by atoms with Crippen LogP contribution < -0.4 is 5.32 Å². The molecular weight excluding hydrogens is 729 g/mol. The van der Waals surface area contributed by atoms with Crippen molar-refractivity contribution in [3.8, 4) is 0 Å². The second-order valence-corrected chi connectivity index (χ2v) is 27.4. The van der Waals surface area contributed by atoms with E-state index in [0.717, 1.165) is 27.6 Å². The molecule has 0 aliphatic heterocycles. The number of nitrogens with zero attached hydrogens (tertiary/aromatic N) is 1. The number of carbonyl (C=O) groups is 2. The van der Waals surface area contributed by atoms with Gasteiger partial charge in [-0.3, -0.25) is 14.6 Å². The van der Waals surface area contributed by atoms with Crippen molar-refractivity contribution < 1.29 is 23.5 Å². The average molecular weight is 803 g/mol. The second-order valence-electron chi connectivity index (χ2n) is 16.4. The van der Waals surface area contributed by atoms with Crippen LogP contribution >= 0.6 is 0 Å². The van der Waals surface area contributed by atoms with Crippen LogP contribution in [0.15, 0.2) is 97.3 Å². The first-order valence-electron chi connectivity index (χ1n) is 19.7. The van der Waals surface area contributed by atoms with Crippen LogP contribution in [-0.2, 0) is 18.4 Å². The molecule has 1 amide bonds. The smallest absolute Gasteiger partial charge is 0.313 e. The van der Waals surface area contributed by atoms with Gasteiger partial charge in [0.25, 0.3) is 0 Å². The topological polar surface area (TPSA) is 97.8 Å². The van der Waals surface area contributed by atoms with Crippen LogP contribution in [0, 0.1) is 0 Å². The summed E-state index contributed by atoms with van der Waals surface area (Å²) in [5.74, 6) is -1.81. The molecule has 7 nitrogen and oxygen atoms in total. The molecule has 2 unspecified atom stereocenters. The number of rotatable bonds is 17. The molecule has 0 fully saturated rings. The number of carboxylic acid groups (broad SMARTS) is 1. The van der Waals surface area contributed by atoms with Gasteiger partial charge < -0.3 is 19.3 Å². The molecule has 0 radical (unpaired) electrons. The lowest BCUT2D eigenvalue weighted by Crippen LogP contribution is -2.49. The van der Waals surface area contributed by atoms with Gasteiger partial charge in [-0.05, 0) is 68.0 Å². The number of aromatic nitrogens is 1. The molecule has 1 heterocycles. The van der Waals surface area contributed by atoms with Gasteiger partial charge in [0.2, 0.25) is 5.91 Å². The molecule has 1 aromatic heterocycles. The molecule has 0 saturated heterocycles. The zero-order valence-electron chi connectivity index (χ0n) is 34.8. The summed E-state index contributed by atoms with van der Waals surface area (Å²) in [5.41, 5.74) is 5.36. The molecule has 9 heteroatoms. The predicted molar refractivity (Wildman–Crippen MR) is 244 cm³/mol. The van der Waals surface area contributed by atoms with Crippen molar-refractivity contribution in [3.05, 3.63) is 108 Å². The van der Waals surface area contributed by atoms with E-state index >= 15 is 0 Å². The molecular formula is C47H74N2O5Si2. The van der Waals surface area contributed by atoms with E-state index in [1.807, 2.05) is 91.1 Å². The molecule has 2 atom stereocenters. The van der Waals surface area contributed by atoms with E-state index in [1.54, 1.807) is 6.20 Å². The summed E-state index contributed by atoms with van der Waals surface area (Å²) in [7, 11) is -4.12. The second kappa shape index (κ2) is 22.9. The summed E-state index contributed by atoms with van der Waals surface area (Å²) in [6.45, 7) is 27.6. The molecule has 4 aromatic rings. The number of pyridine rings is 1. The fraction of sp³-hybridized carbons (Fsp3) is 0.511. The van der Waals surface area contributed by atoms with E-state index in [4.69, 9.17) is 8.85 Å². The monoisotopic (exact) mass is 803 g/mol. The van der Waals surface area contributed by atoms with E-state index in [-0.39, 0.29) is 33.3 Å². The third kappa shape index (κ3) is 12.2. The molecule has 3 aromatic carbocycles. The number of anilines is 1. The molecule has 0 bridgehead atoms. The van der Waals surface area contributed by atoms with Gasteiger partial charge in [0.1, 0.15) is 5.92 Å². The SMILES string of the molecule is C.C.CC(C)[Si](OCC(C(=O)Nc1ccc2cnccc2c1)c1ccccc1)(C(C)C)C(C)C.CC(C)[Si](OCC(C(=O)O)c1ccccc1)(C(C)C)C(C)C. The van der Waals surface area contributed by atoms with Gasteiger partial charge in [-0.15, -0.1) is 0 Å². The van der Waals surface area contributed by atoms with Crippen LogP contribution in [0.2, 0.25) is 33.2 Å². The Labute approximate surface area is 342 Å². The lowest BCUT2D eigenvalue weighted by atomic mass is 9.99. The molecule has 310 valence electrons. The first-order chi connectivity index (χ1) is 25.5. The highest BCUT2D eigenvalue weighted by molar-refractivity contribution is 6.78. The first-order valence-corrected chi connectivity index (χ1v) is 24.0. The third-order valence-electron chi connectivity index (χ3n) is 11.3. The van der Waals surface area contributed by atoms with E-state index in [2.05, 4.69) is 93.4 Å². The minimum Gasteiger partial charge on any atom is -0.481 e. The molecule has 4 rings (SSSR count). The Morgan fingerprint density at radius 3 is 1.41 bits per heavy atom. The Morgan fingerprint density at radius 1 is 0.589 bits per heavy atom. The van der Waals surface area contributed by atoms with E-state index in [9.17, 15) is 14.7 Å². The Kier molecular flexibility index (Phi) is 20.6. The highest BCUT2D eigenvalue weighted by atomic mass is 28.4. The summed E-state index contributed by atoms with van der Waals surface area (Å²) < 4.78 is 13.3. The maximum Gasteiger partial charge on any atom is 0.313 e. The number of hydrogen-bond donors (Lipinski definition) is 2. The zero-order valence-corrected chi connectivity index (χ0v) is 36.8. The normalized spacial score (nSPS) is 13.0. The number of amides is 1. The molecule has 0 spiro atoms. The highest BCUT2D eigenvalue weighted by Gasteiger charge is 2.47. The minimum atomic E-state index is -2.08. The average Bonchev–Trinajstić information content (AvgIpc) is 3.11. The van der Waals surface area contributed by atoms with Crippen molar-refractivity contribution in [3.63, 3.8) is 0 Å². The fourth-order valence-electron chi connectivity index (χ4n) is 8.85. The number of carboxylic acids is 1. The fourth-order valence-corrected chi connectivity index (χ4v) is 19.8. The summed E-state index contributed by atoms with van der Waals surface area (Å²) in [6.07, 6.45) is 3.60. The molecule has 2 N–H and O–H groups in total. The van der Waals surface area contributed by atoms with Crippen LogP contribution in [0.5, 0.6) is 0 Å².